The molecule has 1 N–H and O–H groups in total. The Morgan fingerprint density at radius 1 is 1.36 bits per heavy atom. The van der Waals surface area contributed by atoms with Gasteiger partial charge >= 0.3 is 5.97 Å². The Hall–Kier alpha value is -0.870. The van der Waals surface area contributed by atoms with Crippen LogP contribution in [0.25, 0.3) is 0 Å². The van der Waals surface area contributed by atoms with E-state index in [0.717, 1.165) is 5.57 Å². The molecule has 14 heavy (non-hydrogen) atoms. The minimum atomic E-state index is -0.988. The van der Waals surface area contributed by atoms with E-state index in [1.807, 2.05) is 13.8 Å². The summed E-state index contributed by atoms with van der Waals surface area (Å²) in [4.78, 5) is 10.8. The molecule has 1 aliphatic rings. The van der Waals surface area contributed by atoms with Crippen LogP contribution in [-0.4, -0.2) is 29.1 Å². The van der Waals surface area contributed by atoms with Gasteiger partial charge in [-0.3, -0.25) is 0 Å². The highest BCUT2D eigenvalue weighted by Crippen LogP contribution is 2.29. The molecule has 0 unspecified atom stereocenters. The van der Waals surface area contributed by atoms with Crippen LogP contribution in [0.2, 0.25) is 0 Å². The van der Waals surface area contributed by atoms with Crippen LogP contribution in [0, 0.1) is 0 Å². The Morgan fingerprint density at radius 2 is 1.93 bits per heavy atom. The van der Waals surface area contributed by atoms with Crippen molar-refractivity contribution < 1.29 is 19.4 Å². The SMILES string of the molecule is CC(C)=C[C@@H]1OC(C)(C)O[C@@H]1C(=O)O. The number of rotatable bonds is 2. The van der Waals surface area contributed by atoms with Gasteiger partial charge < -0.3 is 14.6 Å². The Morgan fingerprint density at radius 3 is 2.36 bits per heavy atom. The molecule has 0 aromatic carbocycles. The second kappa shape index (κ2) is 3.71. The van der Waals surface area contributed by atoms with Crippen LogP contribution in [0.3, 0.4) is 0 Å². The Labute approximate surface area is 83.5 Å². The van der Waals surface area contributed by atoms with Gasteiger partial charge in [0.25, 0.3) is 0 Å². The largest absolute Gasteiger partial charge is 0.479 e. The fourth-order valence-electron chi connectivity index (χ4n) is 1.43. The maximum Gasteiger partial charge on any atom is 0.336 e. The van der Waals surface area contributed by atoms with Gasteiger partial charge in [0.15, 0.2) is 11.9 Å². The van der Waals surface area contributed by atoms with Crippen LogP contribution in [0.1, 0.15) is 27.7 Å². The predicted octanol–water partition coefficient (Wildman–Crippen LogP) is 1.56. The highest BCUT2D eigenvalue weighted by Gasteiger charge is 2.44. The van der Waals surface area contributed by atoms with Gasteiger partial charge in [0.05, 0.1) is 0 Å². The first-order chi connectivity index (χ1) is 6.32. The standard InChI is InChI=1S/C10H16O4/c1-6(2)5-7-8(9(11)12)14-10(3,4)13-7/h5,7-8H,1-4H3,(H,11,12)/t7-,8-/m0/s1. The average molecular weight is 200 g/mol. The first kappa shape index (κ1) is 11.2. The molecule has 4 nitrogen and oxygen atoms in total. The third-order valence-corrected chi connectivity index (χ3v) is 1.87. The third kappa shape index (κ3) is 2.56. The van der Waals surface area contributed by atoms with Crippen molar-refractivity contribution in [3.8, 4) is 0 Å². The lowest BCUT2D eigenvalue weighted by Crippen LogP contribution is -2.30. The average Bonchev–Trinajstić information content (AvgIpc) is 2.24. The number of ether oxygens (including phenoxy) is 2. The summed E-state index contributed by atoms with van der Waals surface area (Å²) in [5.74, 6) is -1.81. The highest BCUT2D eigenvalue weighted by atomic mass is 16.8. The number of allylic oxidation sites excluding steroid dienone is 1. The molecule has 0 aromatic rings. The number of hydrogen-bond acceptors (Lipinski definition) is 3. The third-order valence-electron chi connectivity index (χ3n) is 1.87. The zero-order valence-corrected chi connectivity index (χ0v) is 8.90. The van der Waals surface area contributed by atoms with Gasteiger partial charge in [-0.15, -0.1) is 0 Å². The molecule has 0 saturated carbocycles. The Bertz CT molecular complexity index is 263. The van der Waals surface area contributed by atoms with E-state index in [1.54, 1.807) is 19.9 Å². The number of hydrogen-bond donors (Lipinski definition) is 1. The van der Waals surface area contributed by atoms with Crippen molar-refractivity contribution >= 4 is 5.97 Å². The maximum absolute atomic E-state index is 10.8. The fraction of sp³-hybridized carbons (Fsp3) is 0.700. The molecule has 2 atom stereocenters. The molecule has 1 heterocycles. The highest BCUT2D eigenvalue weighted by molar-refractivity contribution is 5.74. The minimum absolute atomic E-state index is 0.493. The van der Waals surface area contributed by atoms with Crippen molar-refractivity contribution in [2.45, 2.75) is 45.7 Å². The van der Waals surface area contributed by atoms with E-state index in [1.165, 1.54) is 0 Å². The molecule has 80 valence electrons. The zero-order chi connectivity index (χ0) is 10.9. The summed E-state index contributed by atoms with van der Waals surface area (Å²) < 4.78 is 10.7. The van der Waals surface area contributed by atoms with Gasteiger partial charge in [-0.1, -0.05) is 11.6 Å². The van der Waals surface area contributed by atoms with E-state index in [4.69, 9.17) is 14.6 Å². The van der Waals surface area contributed by atoms with Crippen molar-refractivity contribution in [1.29, 1.82) is 0 Å². The summed E-state index contributed by atoms with van der Waals surface area (Å²) in [7, 11) is 0. The first-order valence-corrected chi connectivity index (χ1v) is 4.55. The molecule has 1 aliphatic heterocycles. The van der Waals surface area contributed by atoms with Crippen LogP contribution in [0.4, 0.5) is 0 Å². The molecule has 0 radical (unpaired) electrons. The Kier molecular flexibility index (Phi) is 2.97. The van der Waals surface area contributed by atoms with Crippen molar-refractivity contribution in [3.63, 3.8) is 0 Å². The molecule has 0 aromatic heterocycles. The van der Waals surface area contributed by atoms with E-state index in [-0.39, 0.29) is 0 Å². The molecular weight excluding hydrogens is 184 g/mol. The summed E-state index contributed by atoms with van der Waals surface area (Å²) >= 11 is 0. The topological polar surface area (TPSA) is 55.8 Å². The summed E-state index contributed by atoms with van der Waals surface area (Å²) in [6.07, 6.45) is 0.375. The summed E-state index contributed by atoms with van der Waals surface area (Å²) in [6.45, 7) is 7.21. The maximum atomic E-state index is 10.8. The van der Waals surface area contributed by atoms with Crippen LogP contribution < -0.4 is 0 Å². The van der Waals surface area contributed by atoms with Crippen LogP contribution in [-0.2, 0) is 14.3 Å². The molecule has 1 saturated heterocycles. The van der Waals surface area contributed by atoms with E-state index < -0.39 is 24.0 Å². The predicted molar refractivity (Wildman–Crippen MR) is 50.9 cm³/mol. The van der Waals surface area contributed by atoms with Gasteiger partial charge in [0.2, 0.25) is 0 Å². The number of carbonyl (C=O) groups is 1. The van der Waals surface area contributed by atoms with Gasteiger partial charge in [-0.2, -0.15) is 0 Å². The van der Waals surface area contributed by atoms with E-state index in [2.05, 4.69) is 0 Å². The van der Waals surface area contributed by atoms with Crippen molar-refractivity contribution in [1.82, 2.24) is 0 Å². The number of aliphatic carboxylic acids is 1. The molecule has 1 fully saturated rings. The number of carboxylic acids is 1. The number of carboxylic acid groups (broad SMARTS) is 1. The molecule has 4 heteroatoms. The molecule has 0 aliphatic carbocycles. The van der Waals surface area contributed by atoms with Gasteiger partial charge in [-0.05, 0) is 27.7 Å². The Balaban J connectivity index is 2.83. The molecule has 1 rings (SSSR count). The molecule has 0 bridgehead atoms. The second-order valence-electron chi connectivity index (χ2n) is 4.10. The lowest BCUT2D eigenvalue weighted by Gasteiger charge is -2.15. The molecular formula is C10H16O4. The van der Waals surface area contributed by atoms with Gasteiger partial charge in [-0.25, -0.2) is 4.79 Å². The quantitative estimate of drug-likeness (QED) is 0.687. The van der Waals surface area contributed by atoms with Crippen molar-refractivity contribution in [2.75, 3.05) is 0 Å². The first-order valence-electron chi connectivity index (χ1n) is 4.55. The smallest absolute Gasteiger partial charge is 0.336 e. The molecule has 0 spiro atoms. The summed E-state index contributed by atoms with van der Waals surface area (Å²) in [5, 5.41) is 8.89. The van der Waals surface area contributed by atoms with Crippen molar-refractivity contribution in [2.24, 2.45) is 0 Å². The van der Waals surface area contributed by atoms with Crippen LogP contribution >= 0.6 is 0 Å². The van der Waals surface area contributed by atoms with E-state index in [9.17, 15) is 4.79 Å². The van der Waals surface area contributed by atoms with Gasteiger partial charge in [0, 0.05) is 0 Å². The summed E-state index contributed by atoms with van der Waals surface area (Å²) in [5.41, 5.74) is 1.02. The van der Waals surface area contributed by atoms with Crippen molar-refractivity contribution in [3.05, 3.63) is 11.6 Å². The van der Waals surface area contributed by atoms with Crippen LogP contribution in [0.5, 0.6) is 0 Å². The normalized spacial score (nSPS) is 30.0. The second-order valence-corrected chi connectivity index (χ2v) is 4.10. The zero-order valence-electron chi connectivity index (χ0n) is 8.90. The fourth-order valence-corrected chi connectivity index (χ4v) is 1.43. The lowest BCUT2D eigenvalue weighted by atomic mass is 10.1. The summed E-state index contributed by atoms with van der Waals surface area (Å²) in [6, 6.07) is 0. The van der Waals surface area contributed by atoms with Crippen LogP contribution in [0.15, 0.2) is 11.6 Å². The van der Waals surface area contributed by atoms with E-state index in [0.29, 0.717) is 0 Å². The van der Waals surface area contributed by atoms with E-state index >= 15 is 0 Å². The minimum Gasteiger partial charge on any atom is -0.479 e. The van der Waals surface area contributed by atoms with Gasteiger partial charge in [0.1, 0.15) is 6.10 Å². The monoisotopic (exact) mass is 200 g/mol. The lowest BCUT2D eigenvalue weighted by molar-refractivity contribution is -0.165. The molecule has 0 amide bonds.